The lowest BCUT2D eigenvalue weighted by Crippen LogP contribution is -2.23. The van der Waals surface area contributed by atoms with Crippen LogP contribution in [0.3, 0.4) is 0 Å². The molecule has 0 N–H and O–H groups in total. The van der Waals surface area contributed by atoms with Gasteiger partial charge in [0.2, 0.25) is 5.91 Å². The lowest BCUT2D eigenvalue weighted by molar-refractivity contribution is -0.130. The summed E-state index contributed by atoms with van der Waals surface area (Å²) >= 11 is 0. The van der Waals surface area contributed by atoms with Crippen LogP contribution in [-0.4, -0.2) is 21.6 Å². The van der Waals surface area contributed by atoms with E-state index < -0.39 is 0 Å². The van der Waals surface area contributed by atoms with Gasteiger partial charge in [0.05, 0.1) is 12.0 Å². The Morgan fingerprint density at radius 2 is 2.32 bits per heavy atom. The minimum absolute atomic E-state index is 0.0970. The van der Waals surface area contributed by atoms with E-state index in [1.165, 1.54) is 11.9 Å². The molecule has 0 saturated carbocycles. The molecule has 0 aromatic carbocycles. The molecular weight excluding hydrogens is 242 g/mol. The number of furan rings is 1. The molecule has 3 heterocycles. The standard InChI is InChI=1S/C14H13N3O2/c1-10(18)17-13(14-5-3-7-19-14)8-12(16-17)11-4-2-6-15-9-11/h2-7,9,13H,8H2,1H3/t13-/m1/s1. The number of amides is 1. The lowest BCUT2D eigenvalue weighted by Gasteiger charge is -2.17. The SMILES string of the molecule is CC(=O)N1N=C(c2cccnc2)C[C@@H]1c1ccco1. The van der Waals surface area contributed by atoms with Crippen LogP contribution < -0.4 is 0 Å². The van der Waals surface area contributed by atoms with Gasteiger partial charge in [-0.2, -0.15) is 5.10 Å². The van der Waals surface area contributed by atoms with Gasteiger partial charge >= 0.3 is 0 Å². The molecule has 0 unspecified atom stereocenters. The Labute approximate surface area is 110 Å². The number of carbonyl (C=O) groups excluding carboxylic acids is 1. The zero-order chi connectivity index (χ0) is 13.2. The van der Waals surface area contributed by atoms with E-state index in [1.807, 2.05) is 24.3 Å². The highest BCUT2D eigenvalue weighted by atomic mass is 16.3. The van der Waals surface area contributed by atoms with Gasteiger partial charge < -0.3 is 4.42 Å². The lowest BCUT2D eigenvalue weighted by atomic mass is 10.0. The number of nitrogens with zero attached hydrogens (tertiary/aromatic N) is 3. The predicted octanol–water partition coefficient (Wildman–Crippen LogP) is 2.37. The van der Waals surface area contributed by atoms with Crippen molar-refractivity contribution in [3.63, 3.8) is 0 Å². The smallest absolute Gasteiger partial charge is 0.240 e. The topological polar surface area (TPSA) is 58.7 Å². The summed E-state index contributed by atoms with van der Waals surface area (Å²) in [5.74, 6) is 0.651. The van der Waals surface area contributed by atoms with Crippen LogP contribution >= 0.6 is 0 Å². The Kier molecular flexibility index (Phi) is 2.87. The predicted molar refractivity (Wildman–Crippen MR) is 69.4 cm³/mol. The average molecular weight is 255 g/mol. The van der Waals surface area contributed by atoms with Gasteiger partial charge in [0.1, 0.15) is 11.8 Å². The summed E-state index contributed by atoms with van der Waals surface area (Å²) in [6.45, 7) is 1.51. The van der Waals surface area contributed by atoms with Gasteiger partial charge in [0.15, 0.2) is 0 Å². The van der Waals surface area contributed by atoms with E-state index in [2.05, 4.69) is 10.1 Å². The molecule has 1 amide bonds. The molecule has 5 nitrogen and oxygen atoms in total. The monoisotopic (exact) mass is 255 g/mol. The van der Waals surface area contributed by atoms with Crippen molar-refractivity contribution in [1.82, 2.24) is 9.99 Å². The Morgan fingerprint density at radius 3 is 2.95 bits per heavy atom. The summed E-state index contributed by atoms with van der Waals surface area (Å²) in [6.07, 6.45) is 5.71. The third kappa shape index (κ3) is 2.14. The van der Waals surface area contributed by atoms with Crippen LogP contribution in [0.4, 0.5) is 0 Å². The summed E-state index contributed by atoms with van der Waals surface area (Å²) in [4.78, 5) is 15.8. The molecule has 0 saturated heterocycles. The van der Waals surface area contributed by atoms with Crippen LogP contribution in [0.15, 0.2) is 52.4 Å². The minimum atomic E-state index is -0.164. The van der Waals surface area contributed by atoms with Crippen LogP contribution in [0, 0.1) is 0 Å². The fraction of sp³-hybridized carbons (Fsp3) is 0.214. The maximum absolute atomic E-state index is 11.7. The molecule has 0 aliphatic carbocycles. The van der Waals surface area contributed by atoms with Crippen LogP contribution in [0.1, 0.15) is 30.7 Å². The number of rotatable bonds is 2. The van der Waals surface area contributed by atoms with Crippen molar-refractivity contribution < 1.29 is 9.21 Å². The van der Waals surface area contributed by atoms with Crippen molar-refractivity contribution >= 4 is 11.6 Å². The van der Waals surface area contributed by atoms with Crippen molar-refractivity contribution in [2.75, 3.05) is 0 Å². The largest absolute Gasteiger partial charge is 0.467 e. The first-order valence-corrected chi connectivity index (χ1v) is 6.07. The maximum atomic E-state index is 11.7. The molecular formula is C14H13N3O2. The third-order valence-corrected chi connectivity index (χ3v) is 3.10. The molecule has 2 aromatic rings. The second-order valence-electron chi connectivity index (χ2n) is 4.39. The fourth-order valence-electron chi connectivity index (χ4n) is 2.21. The van der Waals surface area contributed by atoms with E-state index in [0.29, 0.717) is 6.42 Å². The number of hydrogen-bond donors (Lipinski definition) is 0. The Morgan fingerprint density at radius 1 is 1.42 bits per heavy atom. The second-order valence-corrected chi connectivity index (χ2v) is 4.39. The van der Waals surface area contributed by atoms with Crippen molar-refractivity contribution in [2.24, 2.45) is 5.10 Å². The molecule has 1 atom stereocenters. The number of aromatic nitrogens is 1. The van der Waals surface area contributed by atoms with Crippen LogP contribution in [0.25, 0.3) is 0 Å². The molecule has 3 rings (SSSR count). The van der Waals surface area contributed by atoms with Gasteiger partial charge in [-0.15, -0.1) is 0 Å². The fourth-order valence-corrected chi connectivity index (χ4v) is 2.21. The average Bonchev–Trinajstić information content (AvgIpc) is 3.08. The molecule has 0 spiro atoms. The molecule has 1 aliphatic heterocycles. The number of carbonyl (C=O) groups is 1. The molecule has 0 fully saturated rings. The molecule has 1 aliphatic rings. The molecule has 19 heavy (non-hydrogen) atoms. The van der Waals surface area contributed by atoms with E-state index in [0.717, 1.165) is 17.0 Å². The van der Waals surface area contributed by atoms with Gasteiger partial charge in [-0.3, -0.25) is 9.78 Å². The summed E-state index contributed by atoms with van der Waals surface area (Å²) < 4.78 is 5.40. The minimum Gasteiger partial charge on any atom is -0.467 e. The van der Waals surface area contributed by atoms with E-state index in [1.54, 1.807) is 18.7 Å². The normalized spacial score (nSPS) is 18.5. The van der Waals surface area contributed by atoms with E-state index in [-0.39, 0.29) is 11.9 Å². The van der Waals surface area contributed by atoms with Crippen LogP contribution in [-0.2, 0) is 4.79 Å². The second kappa shape index (κ2) is 4.68. The number of pyridine rings is 1. The molecule has 5 heteroatoms. The van der Waals surface area contributed by atoms with E-state index in [4.69, 9.17) is 4.42 Å². The number of hydrogen-bond acceptors (Lipinski definition) is 4. The quantitative estimate of drug-likeness (QED) is 0.827. The molecule has 0 bridgehead atoms. The summed E-state index contributed by atoms with van der Waals surface area (Å²) in [7, 11) is 0. The highest BCUT2D eigenvalue weighted by Gasteiger charge is 2.33. The van der Waals surface area contributed by atoms with Crippen molar-refractivity contribution in [3.8, 4) is 0 Å². The van der Waals surface area contributed by atoms with Gasteiger partial charge in [-0.05, 0) is 18.2 Å². The van der Waals surface area contributed by atoms with Crippen molar-refractivity contribution in [2.45, 2.75) is 19.4 Å². The summed E-state index contributed by atoms with van der Waals surface area (Å²) in [5.41, 5.74) is 1.78. The van der Waals surface area contributed by atoms with E-state index >= 15 is 0 Å². The molecule has 2 aromatic heterocycles. The highest BCUT2D eigenvalue weighted by Crippen LogP contribution is 2.32. The Hall–Kier alpha value is -2.43. The first-order chi connectivity index (χ1) is 9.25. The van der Waals surface area contributed by atoms with Gasteiger partial charge in [-0.1, -0.05) is 6.07 Å². The first-order valence-electron chi connectivity index (χ1n) is 6.07. The summed E-state index contributed by atoms with van der Waals surface area (Å²) in [5, 5.41) is 5.87. The maximum Gasteiger partial charge on any atom is 0.240 e. The summed E-state index contributed by atoms with van der Waals surface area (Å²) in [6, 6.07) is 7.31. The van der Waals surface area contributed by atoms with Crippen molar-refractivity contribution in [3.05, 3.63) is 54.2 Å². The van der Waals surface area contributed by atoms with Crippen molar-refractivity contribution in [1.29, 1.82) is 0 Å². The van der Waals surface area contributed by atoms with Crippen LogP contribution in [0.2, 0.25) is 0 Å². The Balaban J connectivity index is 1.94. The highest BCUT2D eigenvalue weighted by molar-refractivity contribution is 6.02. The van der Waals surface area contributed by atoms with E-state index in [9.17, 15) is 4.79 Å². The van der Waals surface area contributed by atoms with Gasteiger partial charge in [-0.25, -0.2) is 5.01 Å². The first kappa shape index (κ1) is 11.6. The van der Waals surface area contributed by atoms with Crippen LogP contribution in [0.5, 0.6) is 0 Å². The zero-order valence-electron chi connectivity index (χ0n) is 10.5. The third-order valence-electron chi connectivity index (χ3n) is 3.10. The number of hydrazone groups is 1. The zero-order valence-corrected chi connectivity index (χ0v) is 10.5. The molecule has 0 radical (unpaired) electrons. The van der Waals surface area contributed by atoms with Gasteiger partial charge in [0, 0.05) is 31.3 Å². The Bertz CT molecular complexity index is 605. The van der Waals surface area contributed by atoms with Gasteiger partial charge in [0.25, 0.3) is 0 Å². The molecule has 96 valence electrons.